The van der Waals surface area contributed by atoms with Crippen molar-refractivity contribution in [2.45, 2.75) is 32.9 Å². The van der Waals surface area contributed by atoms with Crippen molar-refractivity contribution in [2.75, 3.05) is 5.32 Å². The minimum absolute atomic E-state index is 0.00597. The Kier molecular flexibility index (Phi) is 6.39. The van der Waals surface area contributed by atoms with Gasteiger partial charge in [0.1, 0.15) is 5.69 Å². The van der Waals surface area contributed by atoms with Gasteiger partial charge in [-0.05, 0) is 51.1 Å². The second-order valence-electron chi connectivity index (χ2n) is 7.81. The molecule has 0 saturated carbocycles. The number of hydrogen-bond donors (Lipinski definition) is 2. The molecule has 0 spiro atoms. The molecule has 1 atom stereocenters. The molecule has 2 N–H and O–H groups in total. The number of amides is 3. The zero-order chi connectivity index (χ0) is 24.2. The molecule has 3 heterocycles. The highest BCUT2D eigenvalue weighted by Gasteiger charge is 2.25. The number of imide groups is 1. The summed E-state index contributed by atoms with van der Waals surface area (Å²) < 4.78 is 12.5. The van der Waals surface area contributed by atoms with Gasteiger partial charge < -0.3 is 14.5 Å². The van der Waals surface area contributed by atoms with E-state index in [1.54, 1.807) is 47.1 Å². The molecule has 0 aliphatic carbocycles. The molecule has 4 aromatic rings. The van der Waals surface area contributed by atoms with Gasteiger partial charge in [0, 0.05) is 11.7 Å². The molecule has 10 heteroatoms. The lowest BCUT2D eigenvalue weighted by molar-refractivity contribution is -0.127. The fourth-order valence-electron chi connectivity index (χ4n) is 3.29. The molecule has 10 nitrogen and oxygen atoms in total. The molecule has 4 rings (SSSR count). The third-order valence-corrected chi connectivity index (χ3v) is 4.97. The van der Waals surface area contributed by atoms with E-state index in [0.717, 1.165) is 0 Å². The van der Waals surface area contributed by atoms with Crippen LogP contribution in [0.3, 0.4) is 0 Å². The number of esters is 1. The Morgan fingerprint density at radius 3 is 2.50 bits per heavy atom. The van der Waals surface area contributed by atoms with Crippen molar-refractivity contribution in [3.63, 3.8) is 0 Å². The Morgan fingerprint density at radius 1 is 1.06 bits per heavy atom. The largest absolute Gasteiger partial charge is 0.463 e. The molecule has 0 fully saturated rings. The quantitative estimate of drug-likeness (QED) is 0.413. The lowest BCUT2D eigenvalue weighted by Gasteiger charge is -2.14. The molecule has 0 saturated heterocycles. The first kappa shape index (κ1) is 22.7. The summed E-state index contributed by atoms with van der Waals surface area (Å²) in [7, 11) is 0. The monoisotopic (exact) mass is 461 g/mol. The second kappa shape index (κ2) is 9.57. The van der Waals surface area contributed by atoms with Crippen LogP contribution in [0.1, 0.15) is 37.2 Å². The van der Waals surface area contributed by atoms with Crippen molar-refractivity contribution >= 4 is 34.6 Å². The fraction of sp³-hybridized carbons (Fsp3) is 0.208. The summed E-state index contributed by atoms with van der Waals surface area (Å²) >= 11 is 0. The van der Waals surface area contributed by atoms with Crippen LogP contribution in [0.2, 0.25) is 0 Å². The number of pyridine rings is 1. The molecule has 3 aromatic heterocycles. The number of rotatable bonds is 6. The maximum absolute atomic E-state index is 13.1. The van der Waals surface area contributed by atoms with Gasteiger partial charge in [-0.3, -0.25) is 10.1 Å². The van der Waals surface area contributed by atoms with Crippen molar-refractivity contribution in [3.8, 4) is 11.5 Å². The van der Waals surface area contributed by atoms with Gasteiger partial charge >= 0.3 is 12.0 Å². The van der Waals surface area contributed by atoms with E-state index < -0.39 is 24.0 Å². The van der Waals surface area contributed by atoms with E-state index in [4.69, 9.17) is 9.15 Å². The minimum Gasteiger partial charge on any atom is -0.463 e. The molecule has 0 aliphatic rings. The summed E-state index contributed by atoms with van der Waals surface area (Å²) in [6.45, 7) is 5.27. The predicted octanol–water partition coefficient (Wildman–Crippen LogP) is 4.17. The van der Waals surface area contributed by atoms with Gasteiger partial charge in [0.25, 0.3) is 5.91 Å². The lowest BCUT2D eigenvalue weighted by atomic mass is 10.1. The molecule has 174 valence electrons. The lowest BCUT2D eigenvalue weighted by Crippen LogP contribution is -2.41. The van der Waals surface area contributed by atoms with E-state index >= 15 is 0 Å². The molecular formula is C24H23N5O5. The van der Waals surface area contributed by atoms with Gasteiger partial charge in [-0.1, -0.05) is 18.2 Å². The van der Waals surface area contributed by atoms with Crippen molar-refractivity contribution in [1.29, 1.82) is 0 Å². The maximum atomic E-state index is 13.1. The summed E-state index contributed by atoms with van der Waals surface area (Å²) in [6, 6.07) is 12.9. The van der Waals surface area contributed by atoms with Gasteiger partial charge in [0.2, 0.25) is 0 Å². The summed E-state index contributed by atoms with van der Waals surface area (Å²) in [4.78, 5) is 42.2. The SMILES string of the molecule is CC(OC(=O)c1cc(-c2ccco2)nc2c1cnn2C(C)C)C(=O)NC(=O)Nc1ccccc1. The number of anilines is 1. The number of carbonyl (C=O) groups is 3. The van der Waals surface area contributed by atoms with E-state index in [9.17, 15) is 14.4 Å². The van der Waals surface area contributed by atoms with E-state index in [1.807, 2.05) is 13.8 Å². The van der Waals surface area contributed by atoms with Gasteiger partial charge in [-0.15, -0.1) is 0 Å². The summed E-state index contributed by atoms with van der Waals surface area (Å²) in [5.41, 5.74) is 1.60. The molecule has 0 bridgehead atoms. The van der Waals surface area contributed by atoms with Gasteiger partial charge in [-0.2, -0.15) is 5.10 Å². The number of fused-ring (bicyclic) bond motifs is 1. The van der Waals surface area contributed by atoms with Crippen LogP contribution >= 0.6 is 0 Å². The summed E-state index contributed by atoms with van der Waals surface area (Å²) in [5.74, 6) is -1.05. The predicted molar refractivity (Wildman–Crippen MR) is 124 cm³/mol. The normalized spacial score (nSPS) is 11.9. The highest BCUT2D eigenvalue weighted by molar-refractivity contribution is 6.06. The minimum atomic E-state index is -1.23. The number of para-hydroxylation sites is 1. The second-order valence-corrected chi connectivity index (χ2v) is 7.81. The first-order chi connectivity index (χ1) is 16.3. The fourth-order valence-corrected chi connectivity index (χ4v) is 3.29. The van der Waals surface area contributed by atoms with Crippen LogP contribution in [-0.4, -0.2) is 38.8 Å². The van der Waals surface area contributed by atoms with E-state index in [-0.39, 0.29) is 11.6 Å². The maximum Gasteiger partial charge on any atom is 0.339 e. The topological polar surface area (TPSA) is 128 Å². The van der Waals surface area contributed by atoms with Crippen LogP contribution in [0.4, 0.5) is 10.5 Å². The zero-order valence-electron chi connectivity index (χ0n) is 18.8. The number of hydrogen-bond acceptors (Lipinski definition) is 7. The van der Waals surface area contributed by atoms with Crippen LogP contribution in [0.5, 0.6) is 0 Å². The van der Waals surface area contributed by atoms with E-state index in [1.165, 1.54) is 25.5 Å². The van der Waals surface area contributed by atoms with Crippen molar-refractivity contribution in [2.24, 2.45) is 0 Å². The Labute approximate surface area is 194 Å². The number of furan rings is 1. The first-order valence-electron chi connectivity index (χ1n) is 10.6. The molecule has 1 unspecified atom stereocenters. The van der Waals surface area contributed by atoms with Crippen molar-refractivity contribution in [3.05, 3.63) is 66.6 Å². The molecule has 3 amide bonds. The third-order valence-electron chi connectivity index (χ3n) is 4.97. The van der Waals surface area contributed by atoms with Crippen LogP contribution in [0, 0.1) is 0 Å². The van der Waals surface area contributed by atoms with E-state index in [2.05, 4.69) is 20.7 Å². The molecule has 0 radical (unpaired) electrons. The third kappa shape index (κ3) is 4.80. The summed E-state index contributed by atoms with van der Waals surface area (Å²) in [5, 5.41) is 9.51. The average molecular weight is 461 g/mol. The van der Waals surface area contributed by atoms with Crippen molar-refractivity contribution < 1.29 is 23.5 Å². The van der Waals surface area contributed by atoms with Crippen LogP contribution in [0.15, 0.2) is 65.4 Å². The highest BCUT2D eigenvalue weighted by atomic mass is 16.5. The highest BCUT2D eigenvalue weighted by Crippen LogP contribution is 2.27. The number of ether oxygens (including phenoxy) is 1. The van der Waals surface area contributed by atoms with E-state index in [0.29, 0.717) is 28.2 Å². The molecule has 34 heavy (non-hydrogen) atoms. The van der Waals surface area contributed by atoms with Crippen molar-refractivity contribution in [1.82, 2.24) is 20.1 Å². The first-order valence-corrected chi connectivity index (χ1v) is 10.6. The Hall–Kier alpha value is -4.47. The molecule has 0 aliphatic heterocycles. The number of carbonyl (C=O) groups excluding carboxylic acids is 3. The van der Waals surface area contributed by atoms with Crippen LogP contribution in [0.25, 0.3) is 22.5 Å². The smallest absolute Gasteiger partial charge is 0.339 e. The Balaban J connectivity index is 1.54. The number of nitrogens with one attached hydrogen (secondary N) is 2. The summed E-state index contributed by atoms with van der Waals surface area (Å²) in [6.07, 6.45) is 1.80. The molecular weight excluding hydrogens is 438 g/mol. The van der Waals surface area contributed by atoms with Gasteiger partial charge in [0.15, 0.2) is 17.5 Å². The Morgan fingerprint density at radius 2 is 1.82 bits per heavy atom. The molecule has 1 aromatic carbocycles. The van der Waals surface area contributed by atoms with Gasteiger partial charge in [0.05, 0.1) is 23.4 Å². The van der Waals surface area contributed by atoms with Crippen LogP contribution in [-0.2, 0) is 9.53 Å². The Bertz CT molecular complexity index is 1330. The van der Waals surface area contributed by atoms with Gasteiger partial charge in [-0.25, -0.2) is 19.3 Å². The number of nitrogens with zero attached hydrogens (tertiary/aromatic N) is 3. The number of urea groups is 1. The standard InChI is InChI=1S/C24H23N5O5/c1-14(2)29-21-18(13-25-29)17(12-19(27-21)20-10-7-11-33-20)23(31)34-15(3)22(30)28-24(32)26-16-8-5-4-6-9-16/h4-15H,1-3H3,(H2,26,28,30,32). The van der Waals surface area contributed by atoms with Crippen LogP contribution < -0.4 is 10.6 Å². The number of aromatic nitrogens is 3. The average Bonchev–Trinajstić information content (AvgIpc) is 3.49. The number of benzene rings is 1. The zero-order valence-corrected chi connectivity index (χ0v) is 18.8.